The predicted molar refractivity (Wildman–Crippen MR) is 114 cm³/mol. The largest absolute Gasteiger partial charge is 0.379 e. The van der Waals surface area contributed by atoms with Crippen LogP contribution in [0.1, 0.15) is 65.2 Å². The van der Waals surface area contributed by atoms with Crippen molar-refractivity contribution in [3.8, 4) is 0 Å². The Labute approximate surface area is 178 Å². The summed E-state index contributed by atoms with van der Waals surface area (Å²) in [4.78, 5) is 10.3. The van der Waals surface area contributed by atoms with E-state index < -0.39 is 0 Å². The van der Waals surface area contributed by atoms with Crippen LogP contribution in [0.3, 0.4) is 0 Å². The Balaban J connectivity index is 2.97. The van der Waals surface area contributed by atoms with E-state index in [0.29, 0.717) is 72.7 Å². The van der Waals surface area contributed by atoms with Crippen molar-refractivity contribution in [1.29, 1.82) is 0 Å². The lowest BCUT2D eigenvalue weighted by molar-refractivity contribution is -0.299. The maximum absolute atomic E-state index is 5.42. The molecule has 7 nitrogen and oxygen atoms in total. The van der Waals surface area contributed by atoms with Gasteiger partial charge >= 0.3 is 0 Å². The molecule has 0 bridgehead atoms. The fraction of sp³-hybridized carbons (Fsp3) is 1.00. The second kappa shape index (κ2) is 27.7. The van der Waals surface area contributed by atoms with E-state index >= 15 is 0 Å². The zero-order valence-electron chi connectivity index (χ0n) is 19.0. The molecule has 0 fully saturated rings. The first-order valence-electron chi connectivity index (χ1n) is 11.5. The highest BCUT2D eigenvalue weighted by Gasteiger charge is 1.95. The topological polar surface area (TPSA) is 64.6 Å². The summed E-state index contributed by atoms with van der Waals surface area (Å²) in [7, 11) is 0. The van der Waals surface area contributed by atoms with E-state index in [2.05, 4.69) is 6.92 Å². The molecule has 0 amide bonds. The van der Waals surface area contributed by atoms with E-state index in [0.717, 1.165) is 13.0 Å². The molecule has 0 saturated heterocycles. The molecule has 0 aromatic rings. The molecule has 29 heavy (non-hydrogen) atoms. The summed E-state index contributed by atoms with van der Waals surface area (Å²) < 4.78 is 26.8. The molecule has 7 heteroatoms. The molecule has 0 atom stereocenters. The fourth-order valence-corrected chi connectivity index (χ4v) is 2.53. The van der Waals surface area contributed by atoms with Crippen molar-refractivity contribution >= 4 is 0 Å². The minimum atomic E-state index is 0.448. The molecule has 0 aromatic heterocycles. The van der Waals surface area contributed by atoms with Crippen LogP contribution >= 0.6 is 0 Å². The Bertz CT molecular complexity index is 254. The lowest BCUT2D eigenvalue weighted by Gasteiger charge is -2.08. The summed E-state index contributed by atoms with van der Waals surface area (Å²) in [6.45, 7) is 11.2. The van der Waals surface area contributed by atoms with E-state index in [-0.39, 0.29) is 0 Å². The Hall–Kier alpha value is -0.280. The van der Waals surface area contributed by atoms with Gasteiger partial charge in [0.25, 0.3) is 0 Å². The van der Waals surface area contributed by atoms with Crippen LogP contribution in [0, 0.1) is 0 Å². The van der Waals surface area contributed by atoms with Gasteiger partial charge in [-0.15, -0.1) is 0 Å². The van der Waals surface area contributed by atoms with Crippen molar-refractivity contribution in [2.24, 2.45) is 0 Å². The summed E-state index contributed by atoms with van der Waals surface area (Å²) in [5, 5.41) is 0. The first-order chi connectivity index (χ1) is 14.4. The SMILES string of the molecule is CCCCCCCCCCOOCCOCCOCCOCCOCCOCC. The molecular formula is C22H46O7. The average Bonchev–Trinajstić information content (AvgIpc) is 2.74. The van der Waals surface area contributed by atoms with Gasteiger partial charge in [-0.1, -0.05) is 51.9 Å². The van der Waals surface area contributed by atoms with Gasteiger partial charge in [-0.3, -0.25) is 0 Å². The monoisotopic (exact) mass is 422 g/mol. The molecule has 0 aliphatic heterocycles. The molecule has 0 rings (SSSR count). The van der Waals surface area contributed by atoms with Crippen LogP contribution in [0.2, 0.25) is 0 Å². The summed E-state index contributed by atoms with van der Waals surface area (Å²) in [6, 6.07) is 0. The molecule has 0 unspecified atom stereocenters. The first kappa shape index (κ1) is 28.7. The van der Waals surface area contributed by atoms with Crippen molar-refractivity contribution in [3.05, 3.63) is 0 Å². The first-order valence-corrected chi connectivity index (χ1v) is 11.5. The standard InChI is InChI=1S/C22H46O7/c1-3-5-6-7-8-9-10-11-12-28-29-22-21-27-20-19-26-18-17-25-16-15-24-14-13-23-4-2/h3-22H2,1-2H3. The maximum Gasteiger partial charge on any atom is 0.106 e. The minimum absolute atomic E-state index is 0.448. The smallest absolute Gasteiger partial charge is 0.106 e. The van der Waals surface area contributed by atoms with Gasteiger partial charge < -0.3 is 23.7 Å². The van der Waals surface area contributed by atoms with Gasteiger partial charge in [0.05, 0.1) is 66.1 Å². The van der Waals surface area contributed by atoms with Crippen LogP contribution in [0.15, 0.2) is 0 Å². The van der Waals surface area contributed by atoms with E-state index in [1.165, 1.54) is 44.9 Å². The summed E-state index contributed by atoms with van der Waals surface area (Å²) in [5.74, 6) is 0. The number of hydrogen-bond donors (Lipinski definition) is 0. The van der Waals surface area contributed by atoms with E-state index in [4.69, 9.17) is 33.5 Å². The quantitative estimate of drug-likeness (QED) is 0.118. The van der Waals surface area contributed by atoms with Crippen LogP contribution < -0.4 is 0 Å². The van der Waals surface area contributed by atoms with Gasteiger partial charge in [0, 0.05) is 6.61 Å². The van der Waals surface area contributed by atoms with Crippen molar-refractivity contribution in [3.63, 3.8) is 0 Å². The van der Waals surface area contributed by atoms with Crippen molar-refractivity contribution in [2.75, 3.05) is 79.3 Å². The van der Waals surface area contributed by atoms with Crippen molar-refractivity contribution < 1.29 is 33.5 Å². The maximum atomic E-state index is 5.42. The molecule has 176 valence electrons. The molecule has 0 aromatic carbocycles. The molecule has 0 N–H and O–H groups in total. The second-order valence-corrected chi connectivity index (χ2v) is 6.77. The number of unbranched alkanes of at least 4 members (excludes halogenated alkanes) is 7. The minimum Gasteiger partial charge on any atom is -0.379 e. The summed E-state index contributed by atoms with van der Waals surface area (Å²) in [6.07, 6.45) is 10.3. The molecule has 0 aliphatic carbocycles. The molecule has 0 aliphatic rings. The van der Waals surface area contributed by atoms with Gasteiger partial charge in [0.2, 0.25) is 0 Å². The zero-order valence-corrected chi connectivity index (χ0v) is 19.0. The summed E-state index contributed by atoms with van der Waals surface area (Å²) in [5.41, 5.74) is 0. The molecule has 0 spiro atoms. The highest BCUT2D eigenvalue weighted by molar-refractivity contribution is 4.45. The molecular weight excluding hydrogens is 376 g/mol. The van der Waals surface area contributed by atoms with E-state index in [9.17, 15) is 0 Å². The Kier molecular flexibility index (Phi) is 27.5. The van der Waals surface area contributed by atoms with Gasteiger partial charge in [-0.25, -0.2) is 9.78 Å². The van der Waals surface area contributed by atoms with E-state index in [1.54, 1.807) is 0 Å². The van der Waals surface area contributed by atoms with Crippen LogP contribution in [-0.4, -0.2) is 79.3 Å². The highest BCUT2D eigenvalue weighted by atomic mass is 17.2. The van der Waals surface area contributed by atoms with Gasteiger partial charge in [0.1, 0.15) is 6.61 Å². The lowest BCUT2D eigenvalue weighted by Crippen LogP contribution is -2.14. The van der Waals surface area contributed by atoms with Gasteiger partial charge in [-0.05, 0) is 13.3 Å². The third kappa shape index (κ3) is 27.7. The van der Waals surface area contributed by atoms with E-state index in [1.807, 2.05) is 6.92 Å². The van der Waals surface area contributed by atoms with Gasteiger partial charge in [-0.2, -0.15) is 0 Å². The number of rotatable bonds is 26. The van der Waals surface area contributed by atoms with Crippen LogP contribution in [0.5, 0.6) is 0 Å². The Morgan fingerprint density at radius 2 is 0.724 bits per heavy atom. The van der Waals surface area contributed by atoms with Crippen LogP contribution in [0.4, 0.5) is 0 Å². The lowest BCUT2D eigenvalue weighted by atomic mass is 10.1. The van der Waals surface area contributed by atoms with Crippen LogP contribution in [0.25, 0.3) is 0 Å². The highest BCUT2D eigenvalue weighted by Crippen LogP contribution is 2.08. The third-order valence-corrected chi connectivity index (χ3v) is 4.17. The average molecular weight is 423 g/mol. The zero-order chi connectivity index (χ0) is 21.1. The number of ether oxygens (including phenoxy) is 5. The second-order valence-electron chi connectivity index (χ2n) is 6.77. The third-order valence-electron chi connectivity index (χ3n) is 4.17. The van der Waals surface area contributed by atoms with Crippen molar-refractivity contribution in [2.45, 2.75) is 65.2 Å². The van der Waals surface area contributed by atoms with Gasteiger partial charge in [0.15, 0.2) is 0 Å². The normalized spacial score (nSPS) is 11.4. The Morgan fingerprint density at radius 3 is 1.21 bits per heavy atom. The number of hydrogen-bond acceptors (Lipinski definition) is 7. The molecule has 0 radical (unpaired) electrons. The predicted octanol–water partition coefficient (Wildman–Crippen LogP) is 4.18. The summed E-state index contributed by atoms with van der Waals surface area (Å²) >= 11 is 0. The van der Waals surface area contributed by atoms with Crippen LogP contribution in [-0.2, 0) is 33.5 Å². The Morgan fingerprint density at radius 1 is 0.345 bits per heavy atom. The fourth-order valence-electron chi connectivity index (χ4n) is 2.53. The molecule has 0 heterocycles. The molecule has 0 saturated carbocycles. The van der Waals surface area contributed by atoms with Crippen molar-refractivity contribution in [1.82, 2.24) is 0 Å².